The van der Waals surface area contributed by atoms with Gasteiger partial charge in [0.05, 0.1) is 79.3 Å². The van der Waals surface area contributed by atoms with Crippen LogP contribution in [0.1, 0.15) is 63.8 Å². The van der Waals surface area contributed by atoms with Crippen LogP contribution in [-0.2, 0) is 24.4 Å². The van der Waals surface area contributed by atoms with Crippen molar-refractivity contribution in [2.24, 2.45) is 0 Å². The minimum absolute atomic E-state index is 0.00163. The zero-order valence-electron chi connectivity index (χ0n) is 80.1. The average Bonchev–Trinajstić information content (AvgIpc) is 0.761. The minimum Gasteiger partial charge on any atom is -0.491 e. The lowest BCUT2D eigenvalue weighted by atomic mass is 10.0. The molecule has 9 heterocycles. The van der Waals surface area contributed by atoms with Crippen LogP contribution in [0.15, 0.2) is 319 Å². The number of aryl methyl sites for hydroxylation is 3. The fourth-order valence-electron chi connectivity index (χ4n) is 16.1. The Kier molecular flexibility index (Phi) is 29.1. The van der Waals surface area contributed by atoms with E-state index in [-0.39, 0.29) is 72.3 Å². The molecular formula is C114H103F3N12O14. The Hall–Kier alpha value is -16.7. The van der Waals surface area contributed by atoms with Gasteiger partial charge in [-0.2, -0.15) is 0 Å². The van der Waals surface area contributed by atoms with Crippen molar-refractivity contribution < 1.29 is 66.8 Å². The predicted molar refractivity (Wildman–Crippen MR) is 553 cm³/mol. The third-order valence-corrected chi connectivity index (χ3v) is 23.2. The van der Waals surface area contributed by atoms with Gasteiger partial charge >= 0.3 is 0 Å². The molecule has 0 saturated carbocycles. The molecule has 0 atom stereocenters. The zero-order chi connectivity index (χ0) is 100. The molecule has 9 aromatic heterocycles. The maximum absolute atomic E-state index is 15.6. The summed E-state index contributed by atoms with van der Waals surface area (Å²) in [7, 11) is 1.63. The number of hydrogen-bond acceptors (Lipinski definition) is 23. The van der Waals surface area contributed by atoms with Gasteiger partial charge in [-0.05, 0) is 194 Å². The molecule has 0 aliphatic rings. The molecule has 0 bridgehead atoms. The van der Waals surface area contributed by atoms with Gasteiger partial charge in [-0.25, -0.2) is 28.1 Å². The number of benzene rings is 10. The van der Waals surface area contributed by atoms with Crippen LogP contribution in [0.2, 0.25) is 0 Å². The Balaban J connectivity index is 0.000000147. The molecule has 0 unspecified atom stereocenters. The van der Waals surface area contributed by atoms with Crippen LogP contribution < -0.4 is 60.7 Å². The number of rotatable bonds is 31. The number of aliphatic hydroxyl groups excluding tert-OH is 1. The summed E-state index contributed by atoms with van der Waals surface area (Å²) in [4.78, 5) is 68.5. The molecule has 0 saturated heterocycles. The van der Waals surface area contributed by atoms with Crippen molar-refractivity contribution in [3.8, 4) is 85.1 Å². The first-order valence-corrected chi connectivity index (χ1v) is 46.2. The second-order valence-corrected chi connectivity index (χ2v) is 36.5. The van der Waals surface area contributed by atoms with Crippen molar-refractivity contribution in [1.29, 1.82) is 0 Å². The predicted octanol–water partition coefficient (Wildman–Crippen LogP) is 22.9. The van der Waals surface area contributed by atoms with Gasteiger partial charge < -0.3 is 83.2 Å². The van der Waals surface area contributed by atoms with E-state index in [1.54, 1.807) is 195 Å². The first kappa shape index (κ1) is 97.9. The number of anilines is 6. The summed E-state index contributed by atoms with van der Waals surface area (Å²) >= 11 is 0. The normalized spacial score (nSPS) is 11.6. The standard InChI is InChI=1S/C41H35FN4O4.C37H35FN4O5.C36H33FN4O5/c1-26-9-11-28(12-10-26)32-24-46(23-27-7-5-4-6-8-27)35-17-19-44-40(38(35)39(32)47)45-29-13-16-37(33(42)21-29)50-36-18-20-43-34-22-30(14-15-31(34)36)49-25-41(2,3)48;1-23-5-7-24(8-6-23)28-21-42(17-18-45-4)31-13-15-40-36(34(31)35(28)43)41-25-9-12-33(29(38)19-25)47-32-14-16-39-30-20-26(10-11-27(30)32)46-22-37(2,3)44;1-22-4-6-23(7-5-22)27-20-41(16-17-42)30-12-14-39-35(33(30)34(27)43)40-24-8-11-32(28(37)18-24)46-31-13-15-38-29-19-25(9-10-26(29)31)45-21-36(2,3)44/h4-22,24,48H,23,25H2,1-3H3,(H,44,45);5-16,19-21,44H,17-18,22H2,1-4H3,(H,40,41);4-15,18-20,42,44H,16-17,21H2,1-3H3,(H,39,40). The number of ether oxygens (including phenoxy) is 7. The minimum atomic E-state index is -0.987. The largest absolute Gasteiger partial charge is 0.491 e. The highest BCUT2D eigenvalue weighted by atomic mass is 19.1. The van der Waals surface area contributed by atoms with Crippen LogP contribution in [-0.4, -0.2) is 121 Å². The Morgan fingerprint density at radius 2 is 0.664 bits per heavy atom. The van der Waals surface area contributed by atoms with Gasteiger partial charge in [0.1, 0.15) is 71.8 Å². The van der Waals surface area contributed by atoms with Crippen LogP contribution in [0.4, 0.5) is 47.7 Å². The van der Waals surface area contributed by atoms with Crippen LogP contribution in [0.3, 0.4) is 0 Å². The first-order chi connectivity index (χ1) is 68.8. The van der Waals surface area contributed by atoms with Crippen molar-refractivity contribution in [3.05, 3.63) is 375 Å². The molecule has 0 aliphatic carbocycles. The van der Waals surface area contributed by atoms with Crippen molar-refractivity contribution in [3.63, 3.8) is 0 Å². The number of nitrogens with zero attached hydrogens (tertiary/aromatic N) is 9. The van der Waals surface area contributed by atoms with E-state index in [2.05, 4.69) is 45.9 Å². The van der Waals surface area contributed by atoms with Crippen molar-refractivity contribution >= 4 is 99.9 Å². The van der Waals surface area contributed by atoms with Crippen LogP contribution in [0.5, 0.6) is 51.7 Å². The molecule has 143 heavy (non-hydrogen) atoms. The van der Waals surface area contributed by atoms with E-state index in [0.29, 0.717) is 165 Å². The van der Waals surface area contributed by atoms with Gasteiger partial charge in [0.2, 0.25) is 16.3 Å². The molecule has 29 heteroatoms. The van der Waals surface area contributed by atoms with Gasteiger partial charge in [-0.15, -0.1) is 0 Å². The molecule has 7 N–H and O–H groups in total. The Labute approximate surface area is 820 Å². The summed E-state index contributed by atoms with van der Waals surface area (Å²) in [6.45, 7) is 18.0. The average molecular weight is 1920 g/mol. The van der Waals surface area contributed by atoms with Crippen molar-refractivity contribution in [1.82, 2.24) is 43.6 Å². The van der Waals surface area contributed by atoms with Gasteiger partial charge in [0, 0.05) is 169 Å². The molecule has 0 spiro atoms. The highest BCUT2D eigenvalue weighted by molar-refractivity contribution is 5.98. The van der Waals surface area contributed by atoms with E-state index >= 15 is 13.2 Å². The van der Waals surface area contributed by atoms with Gasteiger partial charge in [0.25, 0.3) is 0 Å². The number of nitrogens with one attached hydrogen (secondary N) is 3. The highest BCUT2D eigenvalue weighted by Crippen LogP contribution is 2.41. The quantitative estimate of drug-likeness (QED) is 0.0212. The summed E-state index contributed by atoms with van der Waals surface area (Å²) < 4.78 is 92.8. The van der Waals surface area contributed by atoms with Crippen LogP contribution in [0.25, 0.3) is 98.8 Å². The number of halogens is 3. The molecule has 0 aliphatic heterocycles. The molecule has 26 nitrogen and oxygen atoms in total. The second-order valence-electron chi connectivity index (χ2n) is 36.5. The molecule has 0 amide bonds. The fraction of sp³-hybridized carbons (Fsp3) is 0.184. The smallest absolute Gasteiger partial charge is 0.200 e. The molecular weight excluding hydrogens is 1820 g/mol. The Morgan fingerprint density at radius 3 is 0.979 bits per heavy atom. The number of fused-ring (bicyclic) bond motifs is 6. The number of hydrogen-bond donors (Lipinski definition) is 7. The molecule has 19 aromatic rings. The van der Waals surface area contributed by atoms with Crippen LogP contribution in [0, 0.1) is 38.2 Å². The fourth-order valence-corrected chi connectivity index (χ4v) is 16.1. The van der Waals surface area contributed by atoms with E-state index < -0.39 is 34.3 Å². The molecule has 0 radical (unpaired) electrons. The van der Waals surface area contributed by atoms with E-state index in [1.165, 1.54) is 36.4 Å². The maximum Gasteiger partial charge on any atom is 0.200 e. The third kappa shape index (κ3) is 23.6. The zero-order valence-corrected chi connectivity index (χ0v) is 80.1. The summed E-state index contributed by atoms with van der Waals surface area (Å²) in [5.41, 5.74) is 9.55. The van der Waals surface area contributed by atoms with E-state index in [0.717, 1.165) is 38.9 Å². The second kappa shape index (κ2) is 42.6. The maximum atomic E-state index is 15.6. The topological polar surface area (TPSA) is 325 Å². The summed E-state index contributed by atoms with van der Waals surface area (Å²) in [6, 6.07) is 72.8. The number of pyridine rings is 9. The first-order valence-electron chi connectivity index (χ1n) is 46.2. The lowest BCUT2D eigenvalue weighted by Gasteiger charge is -2.18. The molecule has 10 aromatic carbocycles. The van der Waals surface area contributed by atoms with Crippen LogP contribution >= 0.6 is 0 Å². The van der Waals surface area contributed by atoms with Crippen molar-refractivity contribution in [2.75, 3.05) is 56.1 Å². The number of aliphatic hydroxyl groups is 4. The Bertz CT molecular complexity index is 8120. The molecule has 19 rings (SSSR count). The van der Waals surface area contributed by atoms with E-state index in [9.17, 15) is 34.8 Å². The number of methoxy groups -OCH3 is 1. The van der Waals surface area contributed by atoms with E-state index in [4.69, 9.17) is 33.2 Å². The molecule has 724 valence electrons. The third-order valence-electron chi connectivity index (χ3n) is 23.2. The van der Waals surface area contributed by atoms with Gasteiger partial charge in [0.15, 0.2) is 34.7 Å². The number of aromatic nitrogens is 9. The molecule has 0 fully saturated rings. The SMILES string of the molecule is COCCn1cc(-c2ccc(C)cc2)c(=O)c2c(Nc3ccc(Oc4ccnc5cc(OCC(C)(C)O)ccc45)c(F)c3)nccc21.Cc1ccc(-c2cn(CCO)c3ccnc(Nc4ccc(Oc5ccnc6cc(OCC(C)(C)O)ccc56)c(F)c4)c3c2=O)cc1.Cc1ccc(-c2cn(Cc3ccccc3)c3ccnc(Nc4ccc(Oc5ccnc6cc(OCC(C)(C)O)ccc56)c(F)c4)c3c2=O)cc1. The highest BCUT2D eigenvalue weighted by Gasteiger charge is 2.25. The lowest BCUT2D eigenvalue weighted by Crippen LogP contribution is -2.27. The summed E-state index contributed by atoms with van der Waals surface area (Å²) in [6.07, 6.45) is 15.0. The van der Waals surface area contributed by atoms with Crippen molar-refractivity contribution in [2.45, 2.75) is 98.8 Å². The lowest BCUT2D eigenvalue weighted by molar-refractivity contribution is 0.0282. The van der Waals surface area contributed by atoms with E-state index in [1.807, 2.05) is 156 Å². The van der Waals surface area contributed by atoms with Gasteiger partial charge in [-0.1, -0.05) is 120 Å². The summed E-state index contributed by atoms with van der Waals surface area (Å²) in [5, 5.41) is 52.2. The monoisotopic (exact) mass is 1920 g/mol. The van der Waals surface area contributed by atoms with Gasteiger partial charge in [-0.3, -0.25) is 29.3 Å². The Morgan fingerprint density at radius 1 is 0.350 bits per heavy atom. The summed E-state index contributed by atoms with van der Waals surface area (Å²) in [5.74, 6) is 1.95.